The Labute approximate surface area is 167 Å². The second kappa shape index (κ2) is 7.77. The lowest BCUT2D eigenvalue weighted by molar-refractivity contribution is 0.494. The predicted octanol–water partition coefficient (Wildman–Crippen LogP) is 4.24. The van der Waals surface area contributed by atoms with Gasteiger partial charge in [0.2, 0.25) is 0 Å². The molecule has 3 aromatic carbocycles. The Morgan fingerprint density at radius 2 is 0.967 bits per heavy atom. The van der Waals surface area contributed by atoms with Crippen LogP contribution in [0.1, 0.15) is 16.7 Å². The van der Waals surface area contributed by atoms with Crippen LogP contribution >= 0.6 is 0 Å². The van der Waals surface area contributed by atoms with Crippen molar-refractivity contribution in [3.63, 3.8) is 0 Å². The summed E-state index contributed by atoms with van der Waals surface area (Å²) in [5, 5.41) is 0. The summed E-state index contributed by atoms with van der Waals surface area (Å²) in [6.07, 6.45) is 0. The van der Waals surface area contributed by atoms with Crippen molar-refractivity contribution in [3.05, 3.63) is 87.5 Å². The summed E-state index contributed by atoms with van der Waals surface area (Å²) in [7, 11) is 0. The first-order chi connectivity index (χ1) is 14.0. The highest BCUT2D eigenvalue weighted by Gasteiger charge is 2.37. The van der Waals surface area contributed by atoms with Gasteiger partial charge in [-0.15, -0.1) is 0 Å². The lowest BCUT2D eigenvalue weighted by atomic mass is 9.35. The maximum absolute atomic E-state index is 14.8. The zero-order valence-corrected chi connectivity index (χ0v) is 15.9. The van der Waals surface area contributed by atoms with Gasteiger partial charge in [0.05, 0.1) is 0 Å². The molecule has 156 valence electrons. The molecule has 0 aliphatic carbocycles. The fourth-order valence-corrected chi connectivity index (χ4v) is 3.40. The molecule has 0 saturated heterocycles. The second-order valence-electron chi connectivity index (χ2n) is 6.97. The molecule has 0 aliphatic rings. The summed E-state index contributed by atoms with van der Waals surface area (Å²) in [6.45, 7) is 0.985. The predicted molar refractivity (Wildman–Crippen MR) is 97.9 cm³/mol. The van der Waals surface area contributed by atoms with Crippen LogP contribution in [0.2, 0.25) is 0 Å². The van der Waals surface area contributed by atoms with E-state index in [9.17, 15) is 35.1 Å². The van der Waals surface area contributed by atoms with E-state index < -0.39 is 86.3 Å². The minimum Gasteiger partial charge on any atom is -0.207 e. The zero-order chi connectivity index (χ0) is 22.5. The highest BCUT2D eigenvalue weighted by atomic mass is 19.2. The molecule has 0 aromatic heterocycles. The van der Waals surface area contributed by atoms with Gasteiger partial charge in [0, 0.05) is 17.0 Å². The van der Waals surface area contributed by atoms with Crippen LogP contribution in [0.4, 0.5) is 35.1 Å². The fraction of sp³-hybridized carbons (Fsp3) is 0.143. The molecule has 0 amide bonds. The Morgan fingerprint density at radius 3 is 1.40 bits per heavy atom. The second-order valence-corrected chi connectivity index (χ2v) is 6.97. The quantitative estimate of drug-likeness (QED) is 0.333. The van der Waals surface area contributed by atoms with Crippen molar-refractivity contribution >= 4 is 23.1 Å². The molecule has 0 saturated carbocycles. The van der Waals surface area contributed by atoms with Crippen molar-refractivity contribution in [3.8, 4) is 0 Å². The van der Waals surface area contributed by atoms with Crippen LogP contribution in [0.5, 0.6) is 0 Å². The van der Waals surface area contributed by atoms with Crippen LogP contribution in [-0.4, -0.2) is 6.71 Å². The van der Waals surface area contributed by atoms with Gasteiger partial charge >= 0.3 is 0 Å². The Balaban J connectivity index is 2.52. The molecule has 0 heterocycles. The third kappa shape index (κ3) is 3.46. The van der Waals surface area contributed by atoms with E-state index in [1.54, 1.807) is 0 Å². The van der Waals surface area contributed by atoms with Gasteiger partial charge < -0.3 is 0 Å². The Morgan fingerprint density at radius 1 is 0.533 bits per heavy atom. The summed E-state index contributed by atoms with van der Waals surface area (Å²) in [5.41, 5.74) is -4.27. The van der Waals surface area contributed by atoms with Gasteiger partial charge in [0.25, 0.3) is 6.71 Å². The molecule has 0 fully saturated rings. The zero-order valence-electron chi connectivity index (χ0n) is 15.9. The smallest absolute Gasteiger partial charge is 0.207 e. The van der Waals surface area contributed by atoms with E-state index >= 15 is 0 Å². The Hall–Kier alpha value is -2.84. The number of aryl methyl sites for hydroxylation is 2. The molecule has 0 bridgehead atoms. The average Bonchev–Trinajstić information content (AvgIpc) is 2.66. The summed E-state index contributed by atoms with van der Waals surface area (Å²) in [5.74, 6) is -11.8. The topological polar surface area (TPSA) is 0 Å². The van der Waals surface area contributed by atoms with Crippen LogP contribution < -0.4 is 16.4 Å². The van der Waals surface area contributed by atoms with Crippen molar-refractivity contribution in [2.75, 3.05) is 0 Å². The number of hydrogen-bond acceptors (Lipinski definition) is 0. The van der Waals surface area contributed by atoms with Gasteiger partial charge in [-0.1, -0.05) is 5.46 Å². The average molecular weight is 428 g/mol. The van der Waals surface area contributed by atoms with Gasteiger partial charge in [-0.3, -0.25) is 0 Å². The summed E-state index contributed by atoms with van der Waals surface area (Å²) in [4.78, 5) is 0. The summed E-state index contributed by atoms with van der Waals surface area (Å²) >= 11 is 0. The normalized spacial score (nSPS) is 11.2. The molecule has 3 rings (SSSR count). The van der Waals surface area contributed by atoms with Crippen molar-refractivity contribution in [1.82, 2.24) is 0 Å². The van der Waals surface area contributed by atoms with Crippen molar-refractivity contribution < 1.29 is 35.1 Å². The highest BCUT2D eigenvalue weighted by molar-refractivity contribution is 6.96. The first-order valence-electron chi connectivity index (χ1n) is 8.69. The van der Waals surface area contributed by atoms with E-state index in [1.807, 2.05) is 0 Å². The third-order valence-electron chi connectivity index (χ3n) is 4.99. The van der Waals surface area contributed by atoms with Gasteiger partial charge in [-0.2, -0.15) is 0 Å². The van der Waals surface area contributed by atoms with Gasteiger partial charge in [0.15, 0.2) is 23.3 Å². The standard InChI is InChI=1S/C21H13BF8/c1-8-4-14(25)16(20(29)18(8)27)22(12-6-11(23)7-13(24)10(12)3)17-15(26)5-9(2)19(28)21(17)30/h4-7H,1-3H3. The molecule has 0 aliphatic heterocycles. The fourth-order valence-electron chi connectivity index (χ4n) is 3.40. The van der Waals surface area contributed by atoms with Crippen LogP contribution in [0.3, 0.4) is 0 Å². The van der Waals surface area contributed by atoms with Gasteiger partial charge in [0.1, 0.15) is 23.3 Å². The molecule has 0 N–H and O–H groups in total. The highest BCUT2D eigenvalue weighted by Crippen LogP contribution is 2.18. The summed E-state index contributed by atoms with van der Waals surface area (Å²) < 4.78 is 116. The first kappa shape index (κ1) is 21.9. The molecule has 0 atom stereocenters. The first-order valence-corrected chi connectivity index (χ1v) is 8.69. The van der Waals surface area contributed by atoms with E-state index in [0.717, 1.165) is 20.8 Å². The number of benzene rings is 3. The number of rotatable bonds is 3. The minimum atomic E-state index is -2.21. The molecular formula is C21H13BF8. The molecule has 9 heteroatoms. The maximum atomic E-state index is 14.8. The van der Waals surface area contributed by atoms with Gasteiger partial charge in [-0.05, 0) is 55.7 Å². The summed E-state index contributed by atoms with van der Waals surface area (Å²) in [6, 6.07) is 2.22. The minimum absolute atomic E-state index is 0.402. The van der Waals surface area contributed by atoms with E-state index in [1.165, 1.54) is 0 Å². The number of hydrogen-bond donors (Lipinski definition) is 0. The monoisotopic (exact) mass is 428 g/mol. The van der Waals surface area contributed by atoms with E-state index in [0.29, 0.717) is 24.3 Å². The largest absolute Gasteiger partial charge is 0.257 e. The molecule has 0 nitrogen and oxygen atoms in total. The Bertz CT molecular complexity index is 1110. The molecule has 0 spiro atoms. The molecule has 0 radical (unpaired) electrons. The van der Waals surface area contributed by atoms with E-state index in [4.69, 9.17) is 0 Å². The lowest BCUT2D eigenvalue weighted by Crippen LogP contribution is -2.58. The van der Waals surface area contributed by atoms with Crippen molar-refractivity contribution in [2.45, 2.75) is 20.8 Å². The van der Waals surface area contributed by atoms with Crippen LogP contribution in [0.25, 0.3) is 0 Å². The van der Waals surface area contributed by atoms with Crippen molar-refractivity contribution in [1.29, 1.82) is 0 Å². The van der Waals surface area contributed by atoms with E-state index in [-0.39, 0.29) is 0 Å². The third-order valence-corrected chi connectivity index (χ3v) is 4.99. The number of halogens is 8. The van der Waals surface area contributed by atoms with Crippen LogP contribution in [-0.2, 0) is 0 Å². The Kier molecular flexibility index (Phi) is 5.67. The molecular weight excluding hydrogens is 415 g/mol. The van der Waals surface area contributed by atoms with E-state index in [2.05, 4.69) is 0 Å². The SMILES string of the molecule is Cc1cc(F)c(B(c2cc(F)cc(F)c2C)c2c(F)cc(C)c(F)c2F)c(F)c1F. The molecule has 30 heavy (non-hydrogen) atoms. The van der Waals surface area contributed by atoms with Crippen molar-refractivity contribution in [2.24, 2.45) is 0 Å². The molecule has 3 aromatic rings. The van der Waals surface area contributed by atoms with Gasteiger partial charge in [-0.25, -0.2) is 35.1 Å². The van der Waals surface area contributed by atoms with Crippen LogP contribution in [0, 0.1) is 67.3 Å². The lowest BCUT2D eigenvalue weighted by Gasteiger charge is -2.21. The van der Waals surface area contributed by atoms with Crippen LogP contribution in [0.15, 0.2) is 24.3 Å². The molecule has 0 unspecified atom stereocenters. The maximum Gasteiger partial charge on any atom is 0.257 e.